The summed E-state index contributed by atoms with van der Waals surface area (Å²) in [5.74, 6) is 0. The molecular weight excluding hydrogens is 268 g/mol. The van der Waals surface area contributed by atoms with Gasteiger partial charge in [-0.05, 0) is 18.6 Å². The highest BCUT2D eigenvalue weighted by atomic mass is 16.5. The molecule has 6 nitrogen and oxygen atoms in total. The van der Waals surface area contributed by atoms with Crippen LogP contribution in [0.2, 0.25) is 0 Å². The molecule has 4 N–H and O–H groups in total. The van der Waals surface area contributed by atoms with Gasteiger partial charge >= 0.3 is 0 Å². The summed E-state index contributed by atoms with van der Waals surface area (Å²) in [7, 11) is 1.74. The average Bonchev–Trinajstić information content (AvgIpc) is 2.44. The van der Waals surface area contributed by atoms with Crippen molar-refractivity contribution in [3.63, 3.8) is 0 Å². The summed E-state index contributed by atoms with van der Waals surface area (Å²) >= 11 is 0. The van der Waals surface area contributed by atoms with Gasteiger partial charge in [0.1, 0.15) is 0 Å². The first-order chi connectivity index (χ1) is 9.93. The Morgan fingerprint density at radius 3 is 2.90 bits per heavy atom. The summed E-state index contributed by atoms with van der Waals surface area (Å²) in [6.45, 7) is 4.34. The van der Waals surface area contributed by atoms with Gasteiger partial charge in [0.15, 0.2) is 0 Å². The molecule has 1 fully saturated rings. The minimum absolute atomic E-state index is 0.0394. The molecule has 1 heterocycles. The van der Waals surface area contributed by atoms with Crippen molar-refractivity contribution in [3.05, 3.63) is 28.8 Å². The van der Waals surface area contributed by atoms with Crippen LogP contribution in [0, 0.1) is 5.41 Å². The van der Waals surface area contributed by atoms with Gasteiger partial charge in [-0.15, -0.1) is 0 Å². The van der Waals surface area contributed by atoms with Gasteiger partial charge in [-0.1, -0.05) is 13.8 Å². The molecule has 0 bridgehead atoms. The standard InChI is InChI=1S/C15H20N4O2/c1-15(2)12(6-13(15)21-3)19-11-5-10-8(4-9(11)16)14(20)18-7-17-10/h4-5,7,12-13,19H,6,16H2,1-3H3,(H,17,18,20). The maximum Gasteiger partial charge on any atom is 0.258 e. The average molecular weight is 288 g/mol. The summed E-state index contributed by atoms with van der Waals surface area (Å²) < 4.78 is 5.46. The number of nitrogens with two attached hydrogens (primary N) is 1. The van der Waals surface area contributed by atoms with Crippen molar-refractivity contribution in [2.45, 2.75) is 32.4 Å². The van der Waals surface area contributed by atoms with E-state index in [9.17, 15) is 4.79 Å². The number of fused-ring (bicyclic) bond motifs is 1. The smallest absolute Gasteiger partial charge is 0.258 e. The maximum absolute atomic E-state index is 11.7. The molecule has 0 saturated heterocycles. The maximum atomic E-state index is 11.7. The van der Waals surface area contributed by atoms with Crippen LogP contribution in [-0.4, -0.2) is 29.2 Å². The number of hydrogen-bond acceptors (Lipinski definition) is 5. The van der Waals surface area contributed by atoms with Crippen molar-refractivity contribution >= 4 is 22.3 Å². The monoisotopic (exact) mass is 288 g/mol. The highest BCUT2D eigenvalue weighted by Gasteiger charge is 2.48. The van der Waals surface area contributed by atoms with E-state index in [2.05, 4.69) is 29.1 Å². The molecule has 0 radical (unpaired) electrons. The highest BCUT2D eigenvalue weighted by Crippen LogP contribution is 2.44. The zero-order chi connectivity index (χ0) is 15.2. The van der Waals surface area contributed by atoms with Crippen molar-refractivity contribution < 1.29 is 4.74 Å². The van der Waals surface area contributed by atoms with Gasteiger partial charge < -0.3 is 20.8 Å². The van der Waals surface area contributed by atoms with Crippen LogP contribution in [0.5, 0.6) is 0 Å². The third-order valence-corrected chi connectivity index (χ3v) is 4.60. The number of rotatable bonds is 3. The fraction of sp³-hybridized carbons (Fsp3) is 0.467. The first-order valence-corrected chi connectivity index (χ1v) is 6.99. The molecule has 2 atom stereocenters. The van der Waals surface area contributed by atoms with E-state index < -0.39 is 0 Å². The number of benzene rings is 1. The third-order valence-electron chi connectivity index (χ3n) is 4.60. The van der Waals surface area contributed by atoms with Crippen LogP contribution in [0.4, 0.5) is 11.4 Å². The molecular formula is C15H20N4O2. The number of ether oxygens (including phenoxy) is 1. The van der Waals surface area contributed by atoms with E-state index in [1.807, 2.05) is 6.07 Å². The van der Waals surface area contributed by atoms with E-state index in [-0.39, 0.29) is 23.1 Å². The quantitative estimate of drug-likeness (QED) is 0.748. The van der Waals surface area contributed by atoms with Crippen LogP contribution < -0.4 is 16.6 Å². The molecule has 0 spiro atoms. The lowest BCUT2D eigenvalue weighted by atomic mass is 9.64. The first kappa shape index (κ1) is 13.9. The van der Waals surface area contributed by atoms with E-state index in [0.29, 0.717) is 16.6 Å². The molecule has 2 aromatic rings. The fourth-order valence-electron chi connectivity index (χ4n) is 2.97. The van der Waals surface area contributed by atoms with Gasteiger partial charge in [-0.3, -0.25) is 4.79 Å². The van der Waals surface area contributed by atoms with Crippen molar-refractivity contribution in [2.75, 3.05) is 18.2 Å². The number of nitrogen functional groups attached to an aromatic ring is 1. The minimum atomic E-state index is -0.179. The van der Waals surface area contributed by atoms with E-state index in [1.54, 1.807) is 13.2 Å². The van der Waals surface area contributed by atoms with E-state index >= 15 is 0 Å². The first-order valence-electron chi connectivity index (χ1n) is 6.99. The molecule has 1 saturated carbocycles. The van der Waals surface area contributed by atoms with Gasteiger partial charge in [0.2, 0.25) is 0 Å². The molecule has 112 valence electrons. The number of anilines is 2. The van der Waals surface area contributed by atoms with E-state index in [4.69, 9.17) is 10.5 Å². The second-order valence-electron chi connectivity index (χ2n) is 6.17. The summed E-state index contributed by atoms with van der Waals surface area (Å²) in [6, 6.07) is 3.78. The summed E-state index contributed by atoms with van der Waals surface area (Å²) in [4.78, 5) is 18.5. The minimum Gasteiger partial charge on any atom is -0.397 e. The van der Waals surface area contributed by atoms with Crippen LogP contribution in [0.1, 0.15) is 20.3 Å². The third kappa shape index (κ3) is 2.15. The molecule has 0 aliphatic heterocycles. The topological polar surface area (TPSA) is 93.0 Å². The predicted octanol–water partition coefficient (Wildman–Crippen LogP) is 1.73. The Morgan fingerprint density at radius 1 is 1.48 bits per heavy atom. The van der Waals surface area contributed by atoms with Crippen molar-refractivity contribution in [1.29, 1.82) is 0 Å². The normalized spacial score (nSPS) is 23.8. The summed E-state index contributed by atoms with van der Waals surface area (Å²) in [6.07, 6.45) is 2.58. The Hall–Kier alpha value is -2.08. The fourth-order valence-corrected chi connectivity index (χ4v) is 2.97. The van der Waals surface area contributed by atoms with Crippen LogP contribution in [0.3, 0.4) is 0 Å². The molecule has 21 heavy (non-hydrogen) atoms. The lowest BCUT2D eigenvalue weighted by Crippen LogP contribution is -2.57. The van der Waals surface area contributed by atoms with Crippen LogP contribution >= 0.6 is 0 Å². The molecule has 1 aliphatic rings. The highest BCUT2D eigenvalue weighted by molar-refractivity contribution is 5.88. The zero-order valence-corrected chi connectivity index (χ0v) is 12.4. The van der Waals surface area contributed by atoms with E-state index in [0.717, 1.165) is 12.1 Å². The Labute approximate surface area is 122 Å². The number of nitrogens with one attached hydrogen (secondary N) is 2. The van der Waals surface area contributed by atoms with Crippen LogP contribution in [-0.2, 0) is 4.74 Å². The number of hydrogen-bond donors (Lipinski definition) is 3. The Kier molecular flexibility index (Phi) is 3.13. The van der Waals surface area contributed by atoms with Crippen LogP contribution in [0.25, 0.3) is 10.9 Å². The Morgan fingerprint density at radius 2 is 2.24 bits per heavy atom. The number of aromatic nitrogens is 2. The van der Waals surface area contributed by atoms with Gasteiger partial charge in [0, 0.05) is 18.6 Å². The van der Waals surface area contributed by atoms with Crippen molar-refractivity contribution in [3.8, 4) is 0 Å². The number of aromatic amines is 1. The van der Waals surface area contributed by atoms with Gasteiger partial charge in [0.25, 0.3) is 5.56 Å². The molecule has 2 unspecified atom stereocenters. The SMILES string of the molecule is COC1CC(Nc2cc3nc[nH]c(=O)c3cc2N)C1(C)C. The molecule has 3 rings (SSSR count). The largest absolute Gasteiger partial charge is 0.397 e. The molecule has 1 aliphatic carbocycles. The van der Waals surface area contributed by atoms with Gasteiger partial charge in [0.05, 0.1) is 34.7 Å². The van der Waals surface area contributed by atoms with Gasteiger partial charge in [-0.2, -0.15) is 0 Å². The lowest BCUT2D eigenvalue weighted by Gasteiger charge is -2.51. The van der Waals surface area contributed by atoms with E-state index in [1.165, 1.54) is 6.33 Å². The lowest BCUT2D eigenvalue weighted by molar-refractivity contribution is -0.0794. The summed E-state index contributed by atoms with van der Waals surface area (Å²) in [5.41, 5.74) is 7.93. The van der Waals surface area contributed by atoms with Crippen molar-refractivity contribution in [2.24, 2.45) is 5.41 Å². The predicted molar refractivity (Wildman–Crippen MR) is 83.4 cm³/mol. The Balaban J connectivity index is 1.92. The zero-order valence-electron chi connectivity index (χ0n) is 12.4. The molecule has 6 heteroatoms. The second kappa shape index (κ2) is 4.73. The Bertz CT molecular complexity index is 738. The second-order valence-corrected chi connectivity index (χ2v) is 6.17. The molecule has 1 aromatic carbocycles. The van der Waals surface area contributed by atoms with Crippen molar-refractivity contribution in [1.82, 2.24) is 9.97 Å². The number of methoxy groups -OCH3 is 1. The molecule has 0 amide bonds. The van der Waals surface area contributed by atoms with Crippen LogP contribution in [0.15, 0.2) is 23.3 Å². The molecule has 1 aromatic heterocycles. The number of nitrogens with zero attached hydrogens (tertiary/aromatic N) is 1. The summed E-state index contributed by atoms with van der Waals surface area (Å²) in [5, 5.41) is 3.96. The number of H-pyrrole nitrogens is 1. The van der Waals surface area contributed by atoms with Gasteiger partial charge in [-0.25, -0.2) is 4.98 Å².